The van der Waals surface area contributed by atoms with E-state index in [4.69, 9.17) is 4.74 Å². The van der Waals surface area contributed by atoms with Crippen LogP contribution in [0.2, 0.25) is 0 Å². The van der Waals surface area contributed by atoms with Crippen LogP contribution in [0.4, 0.5) is 5.69 Å². The summed E-state index contributed by atoms with van der Waals surface area (Å²) < 4.78 is 5.37. The second-order valence-electron chi connectivity index (χ2n) is 6.54. The molecule has 6 heteroatoms. The van der Waals surface area contributed by atoms with Crippen LogP contribution in [0.15, 0.2) is 48.5 Å². The molecular weight excluding hydrogens is 372 g/mol. The Morgan fingerprint density at radius 2 is 1.68 bits per heavy atom. The second kappa shape index (κ2) is 11.5. The first-order valence-electron chi connectivity index (χ1n) is 9.39. The number of rotatable bonds is 10. The quantitative estimate of drug-likeness (QED) is 0.635. The lowest BCUT2D eigenvalue weighted by atomic mass is 10.1. The van der Waals surface area contributed by atoms with Gasteiger partial charge in [0, 0.05) is 18.8 Å². The van der Waals surface area contributed by atoms with Crippen molar-refractivity contribution in [2.24, 2.45) is 0 Å². The van der Waals surface area contributed by atoms with Crippen molar-refractivity contribution >= 4 is 29.3 Å². The summed E-state index contributed by atoms with van der Waals surface area (Å²) in [6, 6.07) is 15.6. The average Bonchev–Trinajstić information content (AvgIpc) is 2.71. The van der Waals surface area contributed by atoms with Gasteiger partial charge in [-0.3, -0.25) is 9.59 Å². The third-order valence-corrected chi connectivity index (χ3v) is 5.27. The Morgan fingerprint density at radius 3 is 2.32 bits per heavy atom. The number of thioether (sulfide) groups is 1. The molecule has 28 heavy (non-hydrogen) atoms. The lowest BCUT2D eigenvalue weighted by Gasteiger charge is -2.12. The van der Waals surface area contributed by atoms with E-state index in [-0.39, 0.29) is 22.8 Å². The molecule has 2 N–H and O–H groups in total. The number of amides is 2. The molecule has 2 amide bonds. The molecule has 0 bridgehead atoms. The lowest BCUT2D eigenvalue weighted by Crippen LogP contribution is -2.31. The maximum absolute atomic E-state index is 12.2. The highest BCUT2D eigenvalue weighted by Gasteiger charge is 2.15. The minimum Gasteiger partial charge on any atom is -0.377 e. The van der Waals surface area contributed by atoms with Gasteiger partial charge in [0.2, 0.25) is 11.8 Å². The molecule has 1 atom stereocenters. The van der Waals surface area contributed by atoms with Gasteiger partial charge in [-0.05, 0) is 44.0 Å². The van der Waals surface area contributed by atoms with Crippen LogP contribution in [0.1, 0.15) is 30.5 Å². The van der Waals surface area contributed by atoms with E-state index in [0.29, 0.717) is 19.8 Å². The number of aryl methyl sites for hydroxylation is 1. The summed E-state index contributed by atoms with van der Waals surface area (Å²) in [5.41, 5.74) is 4.05. The van der Waals surface area contributed by atoms with E-state index >= 15 is 0 Å². The zero-order chi connectivity index (χ0) is 20.4. The Kier molecular flexibility index (Phi) is 9.04. The maximum Gasteiger partial charge on any atom is 0.234 e. The molecule has 0 saturated carbocycles. The van der Waals surface area contributed by atoms with Crippen molar-refractivity contribution < 1.29 is 14.3 Å². The van der Waals surface area contributed by atoms with Crippen molar-refractivity contribution in [2.75, 3.05) is 17.7 Å². The Balaban J connectivity index is 1.70. The summed E-state index contributed by atoms with van der Waals surface area (Å²) in [6.07, 6.45) is 0. The summed E-state index contributed by atoms with van der Waals surface area (Å²) >= 11 is 1.32. The zero-order valence-corrected chi connectivity index (χ0v) is 17.5. The van der Waals surface area contributed by atoms with Gasteiger partial charge < -0.3 is 15.4 Å². The largest absolute Gasteiger partial charge is 0.377 e. The van der Waals surface area contributed by atoms with Gasteiger partial charge in [0.1, 0.15) is 0 Å². The molecule has 0 aliphatic heterocycles. The molecule has 5 nitrogen and oxygen atoms in total. The first-order chi connectivity index (χ1) is 13.5. The number of carbonyl (C=O) groups is 2. The smallest absolute Gasteiger partial charge is 0.234 e. The maximum atomic E-state index is 12.2. The summed E-state index contributed by atoms with van der Waals surface area (Å²) in [5.74, 6) is 0.0409. The van der Waals surface area contributed by atoms with Gasteiger partial charge in [-0.2, -0.15) is 0 Å². The average molecular weight is 401 g/mol. The van der Waals surface area contributed by atoms with Crippen molar-refractivity contribution in [1.82, 2.24) is 5.32 Å². The molecule has 0 aromatic heterocycles. The van der Waals surface area contributed by atoms with Crippen LogP contribution in [0.25, 0.3) is 0 Å². The number of hydrogen-bond acceptors (Lipinski definition) is 4. The fourth-order valence-electron chi connectivity index (χ4n) is 2.42. The van der Waals surface area contributed by atoms with Crippen LogP contribution >= 0.6 is 11.8 Å². The van der Waals surface area contributed by atoms with Gasteiger partial charge in [0.25, 0.3) is 0 Å². The van der Waals surface area contributed by atoms with E-state index in [0.717, 1.165) is 22.4 Å². The summed E-state index contributed by atoms with van der Waals surface area (Å²) in [6.45, 7) is 7.53. The number of hydrogen-bond donors (Lipinski definition) is 2. The van der Waals surface area contributed by atoms with Gasteiger partial charge in [-0.1, -0.05) is 42.0 Å². The normalized spacial score (nSPS) is 11.7. The molecule has 0 aliphatic rings. The molecule has 150 valence electrons. The van der Waals surface area contributed by atoms with Crippen molar-refractivity contribution in [3.8, 4) is 0 Å². The highest BCUT2D eigenvalue weighted by Crippen LogP contribution is 2.14. The van der Waals surface area contributed by atoms with Gasteiger partial charge in [0.05, 0.1) is 17.6 Å². The van der Waals surface area contributed by atoms with Crippen molar-refractivity contribution in [1.29, 1.82) is 0 Å². The molecule has 0 saturated heterocycles. The van der Waals surface area contributed by atoms with Crippen LogP contribution in [0.3, 0.4) is 0 Å². The third-order valence-electron chi connectivity index (χ3n) is 4.13. The molecule has 0 aliphatic carbocycles. The molecule has 0 spiro atoms. The van der Waals surface area contributed by atoms with E-state index in [1.54, 1.807) is 0 Å². The standard InChI is InChI=1S/C22H28N2O3S/c1-4-27-14-19-9-7-18(8-10-19)13-23-22(26)17(3)28-15-21(25)24-20-11-5-16(2)6-12-20/h5-12,17H,4,13-15H2,1-3H3,(H,23,26)(H,24,25). The zero-order valence-electron chi connectivity index (χ0n) is 16.7. The topological polar surface area (TPSA) is 67.4 Å². The van der Waals surface area contributed by atoms with Crippen LogP contribution in [0, 0.1) is 6.92 Å². The van der Waals surface area contributed by atoms with Crippen molar-refractivity contribution in [2.45, 2.75) is 39.2 Å². The Morgan fingerprint density at radius 1 is 1.04 bits per heavy atom. The Bertz CT molecular complexity index is 760. The monoisotopic (exact) mass is 400 g/mol. The summed E-state index contributed by atoms with van der Waals surface area (Å²) in [7, 11) is 0. The lowest BCUT2D eigenvalue weighted by molar-refractivity contribution is -0.120. The SMILES string of the molecule is CCOCc1ccc(CNC(=O)C(C)SCC(=O)Nc2ccc(C)cc2)cc1. The predicted molar refractivity (Wildman–Crippen MR) is 115 cm³/mol. The van der Waals surface area contributed by atoms with E-state index in [1.807, 2.05) is 69.3 Å². The first-order valence-corrected chi connectivity index (χ1v) is 10.4. The van der Waals surface area contributed by atoms with Crippen LogP contribution in [-0.2, 0) is 27.5 Å². The number of carbonyl (C=O) groups excluding carboxylic acids is 2. The fourth-order valence-corrected chi connectivity index (χ4v) is 3.12. The fraction of sp³-hybridized carbons (Fsp3) is 0.364. The number of anilines is 1. The van der Waals surface area contributed by atoms with E-state index < -0.39 is 0 Å². The number of benzene rings is 2. The Labute approximate surface area is 171 Å². The highest BCUT2D eigenvalue weighted by molar-refractivity contribution is 8.01. The van der Waals surface area contributed by atoms with E-state index in [9.17, 15) is 9.59 Å². The molecular formula is C22H28N2O3S. The minimum atomic E-state index is -0.305. The number of ether oxygens (including phenoxy) is 1. The molecule has 2 aromatic carbocycles. The van der Waals surface area contributed by atoms with Crippen LogP contribution in [-0.4, -0.2) is 29.4 Å². The van der Waals surface area contributed by atoms with E-state index in [2.05, 4.69) is 10.6 Å². The van der Waals surface area contributed by atoms with Crippen molar-refractivity contribution in [3.63, 3.8) is 0 Å². The molecule has 0 heterocycles. The van der Waals surface area contributed by atoms with Crippen molar-refractivity contribution in [3.05, 3.63) is 65.2 Å². The van der Waals surface area contributed by atoms with Crippen LogP contribution in [0.5, 0.6) is 0 Å². The summed E-state index contributed by atoms with van der Waals surface area (Å²) in [5, 5.41) is 5.45. The minimum absolute atomic E-state index is 0.0773. The first kappa shape index (κ1) is 22.0. The molecule has 1 unspecified atom stereocenters. The molecule has 2 rings (SSSR count). The highest BCUT2D eigenvalue weighted by atomic mass is 32.2. The predicted octanol–water partition coefficient (Wildman–Crippen LogP) is 3.91. The van der Waals surface area contributed by atoms with E-state index in [1.165, 1.54) is 11.8 Å². The molecule has 0 radical (unpaired) electrons. The van der Waals surface area contributed by atoms with Gasteiger partial charge in [-0.25, -0.2) is 0 Å². The third kappa shape index (κ3) is 7.74. The van der Waals surface area contributed by atoms with Gasteiger partial charge in [-0.15, -0.1) is 11.8 Å². The Hall–Kier alpha value is -2.31. The van der Waals surface area contributed by atoms with Gasteiger partial charge >= 0.3 is 0 Å². The van der Waals surface area contributed by atoms with Gasteiger partial charge in [0.15, 0.2) is 0 Å². The second-order valence-corrected chi connectivity index (χ2v) is 7.87. The van der Waals surface area contributed by atoms with Crippen LogP contribution < -0.4 is 10.6 Å². The molecule has 0 fully saturated rings. The molecule has 2 aromatic rings. The number of nitrogens with one attached hydrogen (secondary N) is 2. The summed E-state index contributed by atoms with van der Waals surface area (Å²) in [4.78, 5) is 24.3.